The van der Waals surface area contributed by atoms with Gasteiger partial charge in [-0.1, -0.05) is 25.4 Å². The van der Waals surface area contributed by atoms with Crippen molar-refractivity contribution in [3.8, 4) is 0 Å². The van der Waals surface area contributed by atoms with Crippen LogP contribution in [-0.4, -0.2) is 33.7 Å². The number of halogens is 1. The summed E-state index contributed by atoms with van der Waals surface area (Å²) in [6.07, 6.45) is 0.502. The quantitative estimate of drug-likeness (QED) is 0.828. The van der Waals surface area contributed by atoms with E-state index in [0.29, 0.717) is 6.42 Å². The number of rotatable bonds is 6. The second-order valence-electron chi connectivity index (χ2n) is 4.62. The minimum atomic E-state index is -0.920. The van der Waals surface area contributed by atoms with Gasteiger partial charge in [-0.15, -0.1) is 10.2 Å². The van der Waals surface area contributed by atoms with Gasteiger partial charge < -0.3 is 10.4 Å². The van der Waals surface area contributed by atoms with E-state index in [-0.39, 0.29) is 23.3 Å². The minimum Gasteiger partial charge on any atom is -0.481 e. The predicted molar refractivity (Wildman–Crippen MR) is 70.0 cm³/mol. The molecule has 0 aliphatic rings. The Labute approximate surface area is 116 Å². The molecule has 0 fully saturated rings. The zero-order valence-corrected chi connectivity index (χ0v) is 11.5. The molecule has 6 nitrogen and oxygen atoms in total. The Balaban J connectivity index is 2.56. The number of hydrogen-bond donors (Lipinski definition) is 2. The van der Waals surface area contributed by atoms with Crippen LogP contribution in [0.5, 0.6) is 0 Å². The first-order valence-electron chi connectivity index (χ1n) is 5.90. The van der Waals surface area contributed by atoms with Crippen LogP contribution in [0.1, 0.15) is 30.8 Å². The van der Waals surface area contributed by atoms with Crippen LogP contribution in [0.4, 0.5) is 0 Å². The van der Waals surface area contributed by atoms with Crippen LogP contribution in [0.2, 0.25) is 5.15 Å². The Morgan fingerprint density at radius 3 is 2.53 bits per heavy atom. The number of carbonyl (C=O) groups excluding carboxylic acids is 1. The fourth-order valence-electron chi connectivity index (χ4n) is 1.58. The minimum absolute atomic E-state index is 0.0661. The van der Waals surface area contributed by atoms with Crippen molar-refractivity contribution in [2.45, 2.75) is 20.3 Å². The first-order valence-corrected chi connectivity index (χ1v) is 6.28. The summed E-state index contributed by atoms with van der Waals surface area (Å²) in [5.41, 5.74) is 0.109. The Morgan fingerprint density at radius 1 is 1.37 bits per heavy atom. The van der Waals surface area contributed by atoms with Gasteiger partial charge in [0.15, 0.2) is 10.8 Å². The zero-order valence-electron chi connectivity index (χ0n) is 10.8. The highest BCUT2D eigenvalue weighted by atomic mass is 35.5. The molecule has 2 N–H and O–H groups in total. The molecule has 0 saturated heterocycles. The summed E-state index contributed by atoms with van der Waals surface area (Å²) < 4.78 is 0. The Kier molecular flexibility index (Phi) is 5.69. The lowest BCUT2D eigenvalue weighted by Gasteiger charge is -2.15. The average molecular weight is 286 g/mol. The number of carboxylic acids is 1. The fraction of sp³-hybridized carbons (Fsp3) is 0.500. The van der Waals surface area contributed by atoms with E-state index < -0.39 is 17.8 Å². The molecule has 1 amide bonds. The molecule has 0 aliphatic heterocycles. The molecule has 1 unspecified atom stereocenters. The predicted octanol–water partition coefficient (Wildman–Crippen LogP) is 1.61. The largest absolute Gasteiger partial charge is 0.481 e. The number of amides is 1. The summed E-state index contributed by atoms with van der Waals surface area (Å²) in [5.74, 6) is -1.74. The van der Waals surface area contributed by atoms with Gasteiger partial charge in [0.25, 0.3) is 5.91 Å². The maximum absolute atomic E-state index is 11.7. The van der Waals surface area contributed by atoms with Crippen molar-refractivity contribution < 1.29 is 14.7 Å². The third-order valence-corrected chi connectivity index (χ3v) is 2.68. The normalized spacial score (nSPS) is 12.2. The molecular formula is C12H16ClN3O3. The standard InChI is InChI=1S/C12H16ClN3O3/c1-7(2)5-8(12(18)19)6-14-11(17)9-3-4-10(13)16-15-9/h3-4,7-8H,5-6H2,1-2H3,(H,14,17)(H,18,19). The lowest BCUT2D eigenvalue weighted by Crippen LogP contribution is -2.34. The zero-order chi connectivity index (χ0) is 14.4. The van der Waals surface area contributed by atoms with Gasteiger partial charge in [0.1, 0.15) is 0 Å². The van der Waals surface area contributed by atoms with E-state index in [4.69, 9.17) is 16.7 Å². The summed E-state index contributed by atoms with van der Waals surface area (Å²) in [5, 5.41) is 18.9. The fourth-order valence-corrected chi connectivity index (χ4v) is 1.68. The van der Waals surface area contributed by atoms with Gasteiger partial charge in [-0.3, -0.25) is 9.59 Å². The molecular weight excluding hydrogens is 270 g/mol. The number of nitrogens with one attached hydrogen (secondary N) is 1. The maximum Gasteiger partial charge on any atom is 0.308 e. The summed E-state index contributed by atoms with van der Waals surface area (Å²) in [6, 6.07) is 2.88. The molecule has 7 heteroatoms. The van der Waals surface area contributed by atoms with E-state index in [9.17, 15) is 9.59 Å². The summed E-state index contributed by atoms with van der Waals surface area (Å²) in [7, 11) is 0. The van der Waals surface area contributed by atoms with E-state index in [1.807, 2.05) is 13.8 Å². The van der Waals surface area contributed by atoms with Gasteiger partial charge in [0.05, 0.1) is 5.92 Å². The molecule has 0 radical (unpaired) electrons. The van der Waals surface area contributed by atoms with Crippen molar-refractivity contribution in [3.05, 3.63) is 23.0 Å². The Bertz CT molecular complexity index is 448. The van der Waals surface area contributed by atoms with Crippen molar-refractivity contribution in [1.29, 1.82) is 0 Å². The first kappa shape index (κ1) is 15.4. The van der Waals surface area contributed by atoms with Gasteiger partial charge in [-0.25, -0.2) is 0 Å². The van der Waals surface area contributed by atoms with E-state index in [1.165, 1.54) is 12.1 Å². The molecule has 1 aromatic heterocycles. The Hall–Kier alpha value is -1.69. The van der Waals surface area contributed by atoms with Crippen LogP contribution in [-0.2, 0) is 4.79 Å². The molecule has 0 spiro atoms. The number of nitrogens with zero attached hydrogens (tertiary/aromatic N) is 2. The summed E-state index contributed by atoms with van der Waals surface area (Å²) in [6.45, 7) is 3.93. The molecule has 1 rings (SSSR count). The SMILES string of the molecule is CC(C)CC(CNC(=O)c1ccc(Cl)nn1)C(=O)O. The number of hydrogen-bond acceptors (Lipinski definition) is 4. The van der Waals surface area contributed by atoms with Gasteiger partial charge in [0, 0.05) is 6.54 Å². The third-order valence-electron chi connectivity index (χ3n) is 2.48. The van der Waals surface area contributed by atoms with Crippen molar-refractivity contribution in [2.24, 2.45) is 11.8 Å². The molecule has 0 saturated carbocycles. The molecule has 0 bridgehead atoms. The molecule has 1 aromatic rings. The molecule has 19 heavy (non-hydrogen) atoms. The monoisotopic (exact) mass is 285 g/mol. The van der Waals surface area contributed by atoms with E-state index in [0.717, 1.165) is 0 Å². The first-order chi connectivity index (χ1) is 8.90. The van der Waals surface area contributed by atoms with Crippen molar-refractivity contribution in [1.82, 2.24) is 15.5 Å². The van der Waals surface area contributed by atoms with Crippen LogP contribution in [0.25, 0.3) is 0 Å². The van der Waals surface area contributed by atoms with Crippen LogP contribution in [0.3, 0.4) is 0 Å². The lowest BCUT2D eigenvalue weighted by atomic mass is 9.97. The Morgan fingerprint density at radius 2 is 2.05 bits per heavy atom. The second kappa shape index (κ2) is 7.04. The maximum atomic E-state index is 11.7. The highest BCUT2D eigenvalue weighted by Gasteiger charge is 2.20. The van der Waals surface area contributed by atoms with Gasteiger partial charge in [0.2, 0.25) is 0 Å². The highest BCUT2D eigenvalue weighted by Crippen LogP contribution is 2.11. The molecule has 1 heterocycles. The van der Waals surface area contributed by atoms with Crippen LogP contribution in [0, 0.1) is 11.8 Å². The number of aromatic nitrogens is 2. The van der Waals surface area contributed by atoms with E-state index >= 15 is 0 Å². The highest BCUT2D eigenvalue weighted by molar-refractivity contribution is 6.29. The van der Waals surface area contributed by atoms with Gasteiger partial charge in [-0.2, -0.15) is 0 Å². The summed E-state index contributed by atoms with van der Waals surface area (Å²) >= 11 is 5.56. The van der Waals surface area contributed by atoms with Crippen LogP contribution in [0.15, 0.2) is 12.1 Å². The van der Waals surface area contributed by atoms with Crippen molar-refractivity contribution >= 4 is 23.5 Å². The van der Waals surface area contributed by atoms with Gasteiger partial charge >= 0.3 is 5.97 Å². The van der Waals surface area contributed by atoms with Crippen molar-refractivity contribution in [3.63, 3.8) is 0 Å². The summed E-state index contributed by atoms with van der Waals surface area (Å²) in [4.78, 5) is 22.8. The molecule has 0 aromatic carbocycles. The lowest BCUT2D eigenvalue weighted by molar-refractivity contribution is -0.142. The smallest absolute Gasteiger partial charge is 0.308 e. The van der Waals surface area contributed by atoms with E-state index in [1.54, 1.807) is 0 Å². The topological polar surface area (TPSA) is 92.2 Å². The number of carboxylic acid groups (broad SMARTS) is 1. The third kappa shape index (κ3) is 5.21. The van der Waals surface area contributed by atoms with E-state index in [2.05, 4.69) is 15.5 Å². The number of aliphatic carboxylic acids is 1. The average Bonchev–Trinajstić information content (AvgIpc) is 2.34. The van der Waals surface area contributed by atoms with Gasteiger partial charge in [-0.05, 0) is 24.5 Å². The molecule has 0 aliphatic carbocycles. The number of carbonyl (C=O) groups is 2. The molecule has 104 valence electrons. The van der Waals surface area contributed by atoms with Crippen LogP contribution >= 0.6 is 11.6 Å². The molecule has 1 atom stereocenters. The van der Waals surface area contributed by atoms with Crippen molar-refractivity contribution in [2.75, 3.05) is 6.54 Å². The second-order valence-corrected chi connectivity index (χ2v) is 5.00. The van der Waals surface area contributed by atoms with Crippen LogP contribution < -0.4 is 5.32 Å².